The summed E-state index contributed by atoms with van der Waals surface area (Å²) >= 11 is 0. The van der Waals surface area contributed by atoms with Crippen LogP contribution in [0.25, 0.3) is 0 Å². The SMILES string of the molecule is O=C(COc1coc(CN2CCc3ccccc3C2)cc1=O)NCc1ccc2c(c1)OCO2. The van der Waals surface area contributed by atoms with Gasteiger partial charge in [-0.25, -0.2) is 0 Å². The lowest BCUT2D eigenvalue weighted by atomic mass is 10.00. The lowest BCUT2D eigenvalue weighted by Gasteiger charge is -2.28. The summed E-state index contributed by atoms with van der Waals surface area (Å²) in [6.45, 7) is 2.50. The monoisotopic (exact) mass is 448 g/mol. The Bertz CT molecular complexity index is 1220. The lowest BCUT2D eigenvalue weighted by Crippen LogP contribution is -2.30. The van der Waals surface area contributed by atoms with Crippen molar-refractivity contribution < 1.29 is 23.4 Å². The fraction of sp³-hybridized carbons (Fsp3) is 0.280. The van der Waals surface area contributed by atoms with Crippen LogP contribution in [-0.2, 0) is 30.8 Å². The highest BCUT2D eigenvalue weighted by Crippen LogP contribution is 2.32. The van der Waals surface area contributed by atoms with Gasteiger partial charge in [0, 0.05) is 25.7 Å². The Morgan fingerprint density at radius 3 is 2.79 bits per heavy atom. The Hall–Kier alpha value is -3.78. The number of carbonyl (C=O) groups is 1. The van der Waals surface area contributed by atoms with E-state index in [0.29, 0.717) is 30.3 Å². The van der Waals surface area contributed by atoms with Crippen molar-refractivity contribution in [1.29, 1.82) is 0 Å². The Morgan fingerprint density at radius 1 is 1.06 bits per heavy atom. The van der Waals surface area contributed by atoms with Gasteiger partial charge in [0.25, 0.3) is 5.91 Å². The maximum atomic E-state index is 12.4. The van der Waals surface area contributed by atoms with Gasteiger partial charge in [0.2, 0.25) is 18.0 Å². The number of nitrogens with one attached hydrogen (secondary N) is 1. The number of carbonyl (C=O) groups excluding carboxylic acids is 1. The van der Waals surface area contributed by atoms with Crippen molar-refractivity contribution in [2.45, 2.75) is 26.1 Å². The molecule has 3 aromatic rings. The summed E-state index contributed by atoms with van der Waals surface area (Å²) < 4.78 is 21.6. The van der Waals surface area contributed by atoms with Crippen LogP contribution in [0.5, 0.6) is 17.2 Å². The van der Waals surface area contributed by atoms with E-state index in [0.717, 1.165) is 25.1 Å². The highest BCUT2D eigenvalue weighted by atomic mass is 16.7. The molecule has 170 valence electrons. The molecule has 0 radical (unpaired) electrons. The van der Waals surface area contributed by atoms with Gasteiger partial charge < -0.3 is 23.9 Å². The largest absolute Gasteiger partial charge is 0.477 e. The van der Waals surface area contributed by atoms with E-state index in [2.05, 4.69) is 28.4 Å². The molecule has 1 N–H and O–H groups in total. The molecule has 1 amide bonds. The van der Waals surface area contributed by atoms with Crippen molar-refractivity contribution in [3.8, 4) is 17.2 Å². The van der Waals surface area contributed by atoms with E-state index in [1.807, 2.05) is 18.2 Å². The minimum absolute atomic E-state index is 0.0148. The summed E-state index contributed by atoms with van der Waals surface area (Å²) in [5, 5.41) is 2.75. The molecule has 0 fully saturated rings. The van der Waals surface area contributed by atoms with Gasteiger partial charge in [-0.15, -0.1) is 0 Å². The molecule has 5 rings (SSSR count). The van der Waals surface area contributed by atoms with Gasteiger partial charge >= 0.3 is 0 Å². The van der Waals surface area contributed by atoms with Crippen LogP contribution in [0, 0.1) is 0 Å². The normalized spacial score (nSPS) is 14.5. The van der Waals surface area contributed by atoms with Crippen molar-refractivity contribution in [2.75, 3.05) is 19.9 Å². The molecule has 0 saturated heterocycles. The Kier molecular flexibility index (Phi) is 5.99. The Labute approximate surface area is 190 Å². The second-order valence-electron chi connectivity index (χ2n) is 8.06. The smallest absolute Gasteiger partial charge is 0.258 e. The number of fused-ring (bicyclic) bond motifs is 2. The minimum atomic E-state index is -0.344. The summed E-state index contributed by atoms with van der Waals surface area (Å²) in [5.74, 6) is 1.58. The summed E-state index contributed by atoms with van der Waals surface area (Å²) in [7, 11) is 0. The van der Waals surface area contributed by atoms with E-state index in [-0.39, 0.29) is 30.5 Å². The standard InChI is InChI=1S/C25H24N2O6/c28-21-10-20(13-27-8-7-18-3-1-2-4-19(18)12-27)30-14-24(21)31-15-25(29)26-11-17-5-6-22-23(9-17)33-16-32-22/h1-6,9-10,14H,7-8,11-13,15-16H2,(H,26,29). The van der Waals surface area contributed by atoms with Crippen LogP contribution >= 0.6 is 0 Å². The summed E-state index contributed by atoms with van der Waals surface area (Å²) in [6, 6.07) is 15.3. The van der Waals surface area contributed by atoms with E-state index < -0.39 is 0 Å². The van der Waals surface area contributed by atoms with Crippen LogP contribution in [-0.4, -0.2) is 30.8 Å². The third kappa shape index (κ3) is 5.01. The maximum Gasteiger partial charge on any atom is 0.258 e. The molecule has 2 aromatic carbocycles. The second-order valence-corrected chi connectivity index (χ2v) is 8.06. The molecule has 0 aliphatic carbocycles. The fourth-order valence-electron chi connectivity index (χ4n) is 3.98. The molecule has 0 unspecified atom stereocenters. The summed E-state index contributed by atoms with van der Waals surface area (Å²) in [5.41, 5.74) is 3.24. The number of nitrogens with zero attached hydrogens (tertiary/aromatic N) is 1. The first-order chi connectivity index (χ1) is 16.1. The maximum absolute atomic E-state index is 12.4. The molecule has 8 nitrogen and oxygen atoms in total. The predicted molar refractivity (Wildman–Crippen MR) is 119 cm³/mol. The van der Waals surface area contributed by atoms with E-state index in [1.54, 1.807) is 6.07 Å². The fourth-order valence-corrected chi connectivity index (χ4v) is 3.98. The molecule has 0 bridgehead atoms. The number of hydrogen-bond donors (Lipinski definition) is 1. The van der Waals surface area contributed by atoms with Gasteiger partial charge in [-0.3, -0.25) is 14.5 Å². The van der Waals surface area contributed by atoms with Gasteiger partial charge in [-0.1, -0.05) is 30.3 Å². The van der Waals surface area contributed by atoms with Gasteiger partial charge in [0.05, 0.1) is 6.54 Å². The zero-order valence-corrected chi connectivity index (χ0v) is 18.0. The third-order valence-corrected chi connectivity index (χ3v) is 5.73. The molecular weight excluding hydrogens is 424 g/mol. The van der Waals surface area contributed by atoms with Crippen LogP contribution < -0.4 is 25.0 Å². The molecule has 1 aromatic heterocycles. The van der Waals surface area contributed by atoms with Gasteiger partial charge in [0.1, 0.15) is 12.0 Å². The topological polar surface area (TPSA) is 90.2 Å². The number of benzene rings is 2. The van der Waals surface area contributed by atoms with Crippen molar-refractivity contribution in [3.63, 3.8) is 0 Å². The Balaban J connectivity index is 1.11. The summed E-state index contributed by atoms with van der Waals surface area (Å²) in [6.07, 6.45) is 2.25. The number of hydrogen-bond acceptors (Lipinski definition) is 7. The van der Waals surface area contributed by atoms with Crippen LogP contribution in [0.3, 0.4) is 0 Å². The molecule has 3 heterocycles. The highest BCUT2D eigenvalue weighted by Gasteiger charge is 2.18. The number of amides is 1. The summed E-state index contributed by atoms with van der Waals surface area (Å²) in [4.78, 5) is 26.8. The van der Waals surface area contributed by atoms with Crippen LogP contribution in [0.4, 0.5) is 0 Å². The third-order valence-electron chi connectivity index (χ3n) is 5.73. The van der Waals surface area contributed by atoms with Crippen molar-refractivity contribution in [3.05, 3.63) is 87.5 Å². The average molecular weight is 448 g/mol. The quantitative estimate of drug-likeness (QED) is 0.594. The van der Waals surface area contributed by atoms with Crippen LogP contribution in [0.1, 0.15) is 22.5 Å². The van der Waals surface area contributed by atoms with Crippen LogP contribution in [0.15, 0.2) is 64.0 Å². The molecule has 0 spiro atoms. The molecule has 8 heteroatoms. The molecule has 2 aliphatic rings. The zero-order chi connectivity index (χ0) is 22.6. The van der Waals surface area contributed by atoms with Crippen molar-refractivity contribution >= 4 is 5.91 Å². The number of rotatable bonds is 7. The van der Waals surface area contributed by atoms with Crippen molar-refractivity contribution in [2.24, 2.45) is 0 Å². The van der Waals surface area contributed by atoms with E-state index in [4.69, 9.17) is 18.6 Å². The molecule has 0 saturated carbocycles. The molecular formula is C25H24N2O6. The van der Waals surface area contributed by atoms with Crippen molar-refractivity contribution in [1.82, 2.24) is 10.2 Å². The van der Waals surface area contributed by atoms with E-state index in [9.17, 15) is 9.59 Å². The Morgan fingerprint density at radius 2 is 1.91 bits per heavy atom. The van der Waals surface area contributed by atoms with Crippen LogP contribution in [0.2, 0.25) is 0 Å². The first kappa shape index (κ1) is 21.1. The van der Waals surface area contributed by atoms with Gasteiger partial charge in [0.15, 0.2) is 18.1 Å². The highest BCUT2D eigenvalue weighted by molar-refractivity contribution is 5.77. The van der Waals surface area contributed by atoms with Gasteiger partial charge in [-0.2, -0.15) is 0 Å². The molecule has 0 atom stereocenters. The first-order valence-corrected chi connectivity index (χ1v) is 10.8. The average Bonchev–Trinajstić information content (AvgIpc) is 3.30. The second kappa shape index (κ2) is 9.38. The minimum Gasteiger partial charge on any atom is -0.477 e. The zero-order valence-electron chi connectivity index (χ0n) is 18.0. The first-order valence-electron chi connectivity index (χ1n) is 10.8. The molecule has 2 aliphatic heterocycles. The molecule has 33 heavy (non-hydrogen) atoms. The predicted octanol–water partition coefficient (Wildman–Crippen LogP) is 2.62. The van der Waals surface area contributed by atoms with E-state index >= 15 is 0 Å². The van der Waals surface area contributed by atoms with Gasteiger partial charge in [-0.05, 0) is 35.2 Å². The lowest BCUT2D eigenvalue weighted by molar-refractivity contribution is -0.123. The number of ether oxygens (including phenoxy) is 3. The van der Waals surface area contributed by atoms with E-state index in [1.165, 1.54) is 23.5 Å².